The average Bonchev–Trinajstić information content (AvgIpc) is 2.29. The fourth-order valence-corrected chi connectivity index (χ4v) is 1.84. The maximum atomic E-state index is 12.9. The number of hydrogen-bond donors (Lipinski definition) is 1. The molecule has 17 heavy (non-hydrogen) atoms. The predicted octanol–water partition coefficient (Wildman–Crippen LogP) is 2.51. The van der Waals surface area contributed by atoms with Gasteiger partial charge in [0.2, 0.25) is 0 Å². The van der Waals surface area contributed by atoms with E-state index in [4.69, 9.17) is 4.74 Å². The van der Waals surface area contributed by atoms with Gasteiger partial charge >= 0.3 is 6.18 Å². The van der Waals surface area contributed by atoms with Crippen molar-refractivity contribution < 1.29 is 22.3 Å². The van der Waals surface area contributed by atoms with Gasteiger partial charge in [0.05, 0.1) is 24.8 Å². The molecule has 0 amide bonds. The monoisotopic (exact) mass is 249 g/mol. The quantitative estimate of drug-likeness (QED) is 0.772. The molecule has 0 unspecified atom stereocenters. The summed E-state index contributed by atoms with van der Waals surface area (Å²) < 4.78 is 56.2. The third-order valence-electron chi connectivity index (χ3n) is 2.62. The molecule has 1 fully saturated rings. The highest BCUT2D eigenvalue weighted by Gasteiger charge is 2.36. The molecular weight excluding hydrogens is 238 g/mol. The molecule has 1 heterocycles. The van der Waals surface area contributed by atoms with E-state index in [9.17, 15) is 17.6 Å². The van der Waals surface area contributed by atoms with Gasteiger partial charge in [0.15, 0.2) is 0 Å². The van der Waals surface area contributed by atoms with E-state index in [0.717, 1.165) is 12.1 Å². The van der Waals surface area contributed by atoms with Crippen molar-refractivity contribution in [3.8, 4) is 0 Å². The van der Waals surface area contributed by atoms with Crippen LogP contribution in [0, 0.1) is 5.82 Å². The molecule has 0 aromatic heterocycles. The first-order valence-electron chi connectivity index (χ1n) is 5.16. The molecule has 1 saturated heterocycles. The van der Waals surface area contributed by atoms with Gasteiger partial charge in [0.25, 0.3) is 0 Å². The summed E-state index contributed by atoms with van der Waals surface area (Å²) in [5.41, 5.74) is -0.917. The number of hydrogen-bond acceptors (Lipinski definition) is 2. The molecule has 0 aliphatic carbocycles. The molecule has 1 aromatic carbocycles. The molecule has 2 rings (SSSR count). The normalized spacial score (nSPS) is 21.5. The van der Waals surface area contributed by atoms with Crippen molar-refractivity contribution in [2.45, 2.75) is 12.2 Å². The Morgan fingerprint density at radius 1 is 1.29 bits per heavy atom. The second kappa shape index (κ2) is 4.62. The van der Waals surface area contributed by atoms with Crippen LogP contribution >= 0.6 is 0 Å². The first kappa shape index (κ1) is 12.3. The Bertz CT molecular complexity index is 399. The van der Waals surface area contributed by atoms with E-state index in [1.165, 1.54) is 0 Å². The van der Waals surface area contributed by atoms with Crippen LogP contribution in [0.4, 0.5) is 17.6 Å². The van der Waals surface area contributed by atoms with Crippen LogP contribution in [-0.4, -0.2) is 19.8 Å². The van der Waals surface area contributed by atoms with E-state index in [0.29, 0.717) is 19.2 Å². The van der Waals surface area contributed by atoms with Gasteiger partial charge in [-0.1, -0.05) is 6.07 Å². The van der Waals surface area contributed by atoms with Crippen molar-refractivity contribution in [1.82, 2.24) is 5.32 Å². The highest BCUT2D eigenvalue weighted by atomic mass is 19.4. The van der Waals surface area contributed by atoms with Crippen molar-refractivity contribution in [3.63, 3.8) is 0 Å². The van der Waals surface area contributed by atoms with E-state index in [1.54, 1.807) is 0 Å². The van der Waals surface area contributed by atoms with Gasteiger partial charge in [0, 0.05) is 6.54 Å². The van der Waals surface area contributed by atoms with Crippen molar-refractivity contribution in [1.29, 1.82) is 0 Å². The van der Waals surface area contributed by atoms with Gasteiger partial charge in [-0.05, 0) is 17.7 Å². The topological polar surface area (TPSA) is 21.3 Å². The summed E-state index contributed by atoms with van der Waals surface area (Å²) in [6, 6.07) is 2.16. The lowest BCUT2D eigenvalue weighted by molar-refractivity contribution is -0.138. The molecule has 0 bridgehead atoms. The summed E-state index contributed by atoms with van der Waals surface area (Å²) in [7, 11) is 0. The lowest BCUT2D eigenvalue weighted by atomic mass is 9.99. The fourth-order valence-electron chi connectivity index (χ4n) is 1.84. The zero-order valence-corrected chi connectivity index (χ0v) is 8.85. The maximum absolute atomic E-state index is 12.9. The second-order valence-corrected chi connectivity index (χ2v) is 3.81. The van der Waals surface area contributed by atoms with E-state index in [1.807, 2.05) is 0 Å². The van der Waals surface area contributed by atoms with Crippen molar-refractivity contribution in [2.75, 3.05) is 19.8 Å². The molecule has 1 aliphatic heterocycles. The van der Waals surface area contributed by atoms with Gasteiger partial charge in [-0.25, -0.2) is 4.39 Å². The Balaban J connectivity index is 2.38. The molecule has 1 N–H and O–H groups in total. The summed E-state index contributed by atoms with van der Waals surface area (Å²) in [6.07, 6.45) is -4.56. The Morgan fingerprint density at radius 3 is 2.65 bits per heavy atom. The molecule has 1 aromatic rings. The fraction of sp³-hybridized carbons (Fsp3) is 0.455. The Labute approximate surface area is 95.6 Å². The summed E-state index contributed by atoms with van der Waals surface area (Å²) in [6.45, 7) is 1.12. The van der Waals surface area contributed by atoms with Gasteiger partial charge in [-0.3, -0.25) is 0 Å². The molecule has 6 heteroatoms. The highest BCUT2D eigenvalue weighted by Crippen LogP contribution is 2.35. The van der Waals surface area contributed by atoms with Crippen LogP contribution in [0.2, 0.25) is 0 Å². The summed E-state index contributed by atoms with van der Waals surface area (Å²) in [5.74, 6) is -0.891. The summed E-state index contributed by atoms with van der Waals surface area (Å²) in [5, 5.41) is 2.92. The van der Waals surface area contributed by atoms with Gasteiger partial charge in [0.1, 0.15) is 5.82 Å². The third kappa shape index (κ3) is 2.76. The first-order valence-corrected chi connectivity index (χ1v) is 5.16. The van der Waals surface area contributed by atoms with Gasteiger partial charge in [-0.2, -0.15) is 13.2 Å². The minimum atomic E-state index is -4.56. The molecule has 0 radical (unpaired) electrons. The highest BCUT2D eigenvalue weighted by molar-refractivity contribution is 5.33. The molecule has 0 saturated carbocycles. The summed E-state index contributed by atoms with van der Waals surface area (Å²) in [4.78, 5) is 0. The number of nitrogens with one attached hydrogen (secondary N) is 1. The SMILES string of the molecule is Fc1ccc([C@@H]2COCCN2)c(C(F)(F)F)c1. The predicted molar refractivity (Wildman–Crippen MR) is 53.0 cm³/mol. The van der Waals surface area contributed by atoms with Crippen molar-refractivity contribution >= 4 is 0 Å². The number of halogens is 4. The molecule has 0 spiro atoms. The van der Waals surface area contributed by atoms with Crippen LogP contribution in [0.25, 0.3) is 0 Å². The number of alkyl halides is 3. The number of morpholine rings is 1. The van der Waals surface area contributed by atoms with Crippen molar-refractivity contribution in [2.24, 2.45) is 0 Å². The Hall–Kier alpha value is -1.14. The number of ether oxygens (including phenoxy) is 1. The van der Waals surface area contributed by atoms with Crippen LogP contribution in [0.3, 0.4) is 0 Å². The zero-order chi connectivity index (χ0) is 12.5. The molecule has 1 atom stereocenters. The van der Waals surface area contributed by atoms with E-state index >= 15 is 0 Å². The molecule has 94 valence electrons. The van der Waals surface area contributed by atoms with E-state index in [2.05, 4.69) is 5.32 Å². The molecular formula is C11H11F4NO. The Kier molecular flexibility index (Phi) is 3.35. The lowest BCUT2D eigenvalue weighted by Gasteiger charge is -2.26. The standard InChI is InChI=1S/C11H11F4NO/c12-7-1-2-8(9(5-7)11(13,14)15)10-6-17-4-3-16-10/h1-2,5,10,16H,3-4,6H2/t10-/m0/s1. The van der Waals surface area contributed by atoms with Gasteiger partial charge < -0.3 is 10.1 Å². The second-order valence-electron chi connectivity index (χ2n) is 3.81. The smallest absolute Gasteiger partial charge is 0.378 e. The van der Waals surface area contributed by atoms with Crippen LogP contribution in [0.5, 0.6) is 0 Å². The zero-order valence-electron chi connectivity index (χ0n) is 8.85. The summed E-state index contributed by atoms with van der Waals surface area (Å²) >= 11 is 0. The largest absolute Gasteiger partial charge is 0.416 e. The van der Waals surface area contributed by atoms with Crippen molar-refractivity contribution in [3.05, 3.63) is 35.1 Å². The van der Waals surface area contributed by atoms with Gasteiger partial charge in [-0.15, -0.1) is 0 Å². The van der Waals surface area contributed by atoms with Crippen LogP contribution in [-0.2, 0) is 10.9 Å². The molecule has 2 nitrogen and oxygen atoms in total. The van der Waals surface area contributed by atoms with Crippen LogP contribution in [0.15, 0.2) is 18.2 Å². The minimum Gasteiger partial charge on any atom is -0.378 e. The maximum Gasteiger partial charge on any atom is 0.416 e. The van der Waals surface area contributed by atoms with E-state index in [-0.39, 0.29) is 12.2 Å². The number of benzene rings is 1. The molecule has 1 aliphatic rings. The minimum absolute atomic E-state index is 0.0265. The first-order chi connectivity index (χ1) is 7.98. The van der Waals surface area contributed by atoms with Crippen LogP contribution < -0.4 is 5.32 Å². The average molecular weight is 249 g/mol. The Morgan fingerprint density at radius 2 is 2.06 bits per heavy atom. The third-order valence-corrected chi connectivity index (χ3v) is 2.62. The van der Waals surface area contributed by atoms with E-state index < -0.39 is 23.6 Å². The number of rotatable bonds is 1. The van der Waals surface area contributed by atoms with Crippen LogP contribution in [0.1, 0.15) is 17.2 Å². The lowest BCUT2D eigenvalue weighted by Crippen LogP contribution is -2.35.